The summed E-state index contributed by atoms with van der Waals surface area (Å²) in [5.74, 6) is -0.0189. The molecule has 0 bridgehead atoms. The molecule has 1 aromatic carbocycles. The average molecular weight is 352 g/mol. The number of aromatic nitrogens is 2. The molecule has 4 rings (SSSR count). The summed E-state index contributed by atoms with van der Waals surface area (Å²) in [5.41, 5.74) is 5.25. The van der Waals surface area contributed by atoms with Crippen LogP contribution in [0.2, 0.25) is 0 Å². The Morgan fingerprint density at radius 3 is 2.73 bits per heavy atom. The van der Waals surface area contributed by atoms with E-state index in [2.05, 4.69) is 48.7 Å². The van der Waals surface area contributed by atoms with Crippen LogP contribution < -0.4 is 10.6 Å². The van der Waals surface area contributed by atoms with E-state index in [0.29, 0.717) is 11.7 Å². The van der Waals surface area contributed by atoms with Gasteiger partial charge in [0, 0.05) is 23.3 Å². The molecule has 2 N–H and O–H groups in total. The van der Waals surface area contributed by atoms with Crippen LogP contribution in [0.3, 0.4) is 0 Å². The minimum atomic E-state index is -0.0189. The Labute approximate surface area is 155 Å². The molecule has 1 aromatic heterocycles. The van der Waals surface area contributed by atoms with E-state index in [9.17, 15) is 4.79 Å². The van der Waals surface area contributed by atoms with Gasteiger partial charge in [0.2, 0.25) is 0 Å². The van der Waals surface area contributed by atoms with E-state index in [1.54, 1.807) is 0 Å². The first kappa shape index (κ1) is 17.3. The minimum absolute atomic E-state index is 0.0189. The van der Waals surface area contributed by atoms with Crippen molar-refractivity contribution in [2.24, 2.45) is 0 Å². The van der Waals surface area contributed by atoms with E-state index in [1.807, 2.05) is 4.68 Å². The van der Waals surface area contributed by atoms with Gasteiger partial charge in [-0.15, -0.1) is 0 Å². The van der Waals surface area contributed by atoms with Crippen LogP contribution >= 0.6 is 0 Å². The molecule has 2 aliphatic rings. The first-order valence-electron chi connectivity index (χ1n) is 9.85. The number of benzene rings is 1. The summed E-state index contributed by atoms with van der Waals surface area (Å²) >= 11 is 0. The summed E-state index contributed by atoms with van der Waals surface area (Å²) in [6, 6.07) is 8.86. The smallest absolute Gasteiger partial charge is 0.272 e. The fraction of sp³-hybridized carbons (Fsp3) is 0.524. The molecular formula is C21H28N4O. The Hall–Kier alpha value is -2.14. The average Bonchev–Trinajstić information content (AvgIpc) is 3.04. The lowest BCUT2D eigenvalue weighted by Gasteiger charge is -2.30. The van der Waals surface area contributed by atoms with Crippen LogP contribution in [0.4, 0.5) is 0 Å². The van der Waals surface area contributed by atoms with Crippen molar-refractivity contribution in [2.45, 2.75) is 64.5 Å². The highest BCUT2D eigenvalue weighted by Crippen LogP contribution is 2.27. The Balaban J connectivity index is 1.65. The van der Waals surface area contributed by atoms with Gasteiger partial charge in [-0.25, -0.2) is 4.68 Å². The molecule has 1 aliphatic carbocycles. The van der Waals surface area contributed by atoms with Crippen molar-refractivity contribution in [1.82, 2.24) is 20.4 Å². The maximum atomic E-state index is 13.0. The Kier molecular flexibility index (Phi) is 4.81. The van der Waals surface area contributed by atoms with Crippen molar-refractivity contribution in [3.63, 3.8) is 0 Å². The number of fused-ring (bicyclic) bond motifs is 1. The monoisotopic (exact) mass is 352 g/mol. The molecule has 1 fully saturated rings. The summed E-state index contributed by atoms with van der Waals surface area (Å²) in [5, 5.41) is 11.4. The van der Waals surface area contributed by atoms with Crippen molar-refractivity contribution >= 4 is 5.91 Å². The number of rotatable bonds is 3. The van der Waals surface area contributed by atoms with Gasteiger partial charge in [0.25, 0.3) is 5.91 Å². The van der Waals surface area contributed by atoms with E-state index in [-0.39, 0.29) is 11.9 Å². The van der Waals surface area contributed by atoms with Crippen LogP contribution in [-0.2, 0) is 12.8 Å². The predicted octanol–water partition coefficient (Wildman–Crippen LogP) is 2.93. The molecule has 2 heterocycles. The third kappa shape index (κ3) is 3.28. The zero-order chi connectivity index (χ0) is 18.1. The molecule has 0 spiro atoms. The number of nitrogens with one attached hydrogen (secondary N) is 2. The lowest BCUT2D eigenvalue weighted by Crippen LogP contribution is -2.52. The van der Waals surface area contributed by atoms with Gasteiger partial charge >= 0.3 is 0 Å². The first-order valence-corrected chi connectivity index (χ1v) is 9.85. The van der Waals surface area contributed by atoms with Crippen LogP contribution in [0.1, 0.15) is 59.9 Å². The van der Waals surface area contributed by atoms with Crippen LogP contribution in [0, 0.1) is 6.92 Å². The summed E-state index contributed by atoms with van der Waals surface area (Å²) < 4.78 is 1.99. The van der Waals surface area contributed by atoms with Crippen molar-refractivity contribution in [1.29, 1.82) is 0 Å². The van der Waals surface area contributed by atoms with E-state index < -0.39 is 0 Å². The second-order valence-corrected chi connectivity index (χ2v) is 7.69. The molecule has 138 valence electrons. The lowest BCUT2D eigenvalue weighted by atomic mass is 9.94. The standard InChI is InChI=1S/C21H28N4O/c1-14-9-11-16(12-10-14)25-19-8-4-3-6-17(19)20(24-25)21(26)23-18-7-5-13-22-15(18)2/h9-12,15,18,22H,3-8,13H2,1-2H3,(H,23,26). The first-order chi connectivity index (χ1) is 12.6. The molecule has 2 unspecified atom stereocenters. The molecule has 0 saturated carbocycles. The van der Waals surface area contributed by atoms with E-state index in [4.69, 9.17) is 5.10 Å². The molecule has 2 aromatic rings. The molecule has 5 heteroatoms. The van der Waals surface area contributed by atoms with Gasteiger partial charge in [-0.2, -0.15) is 5.10 Å². The van der Waals surface area contributed by atoms with Gasteiger partial charge in [0.15, 0.2) is 5.69 Å². The topological polar surface area (TPSA) is 59.0 Å². The largest absolute Gasteiger partial charge is 0.346 e. The third-order valence-corrected chi connectivity index (χ3v) is 5.75. The molecule has 0 radical (unpaired) electrons. The van der Waals surface area contributed by atoms with Gasteiger partial charge in [-0.05, 0) is 71.0 Å². The second-order valence-electron chi connectivity index (χ2n) is 7.69. The third-order valence-electron chi connectivity index (χ3n) is 5.75. The van der Waals surface area contributed by atoms with E-state index in [1.165, 1.54) is 11.3 Å². The highest BCUT2D eigenvalue weighted by atomic mass is 16.2. The maximum absolute atomic E-state index is 13.0. The summed E-state index contributed by atoms with van der Waals surface area (Å²) in [6.07, 6.45) is 6.36. The number of carbonyl (C=O) groups is 1. The number of hydrogen-bond acceptors (Lipinski definition) is 3. The number of aryl methyl sites for hydroxylation is 1. The van der Waals surface area contributed by atoms with Gasteiger partial charge in [-0.1, -0.05) is 17.7 Å². The van der Waals surface area contributed by atoms with Crippen LogP contribution in [0.5, 0.6) is 0 Å². The van der Waals surface area contributed by atoms with Gasteiger partial charge in [0.05, 0.1) is 5.69 Å². The normalized spacial score (nSPS) is 22.7. The maximum Gasteiger partial charge on any atom is 0.272 e. The molecular weight excluding hydrogens is 324 g/mol. The molecule has 2 atom stereocenters. The van der Waals surface area contributed by atoms with E-state index in [0.717, 1.165) is 56.3 Å². The summed E-state index contributed by atoms with van der Waals surface area (Å²) in [6.45, 7) is 5.26. The lowest BCUT2D eigenvalue weighted by molar-refractivity contribution is 0.0913. The van der Waals surface area contributed by atoms with Crippen molar-refractivity contribution < 1.29 is 4.79 Å². The number of nitrogens with zero attached hydrogens (tertiary/aromatic N) is 2. The fourth-order valence-electron chi connectivity index (χ4n) is 4.16. The van der Waals surface area contributed by atoms with Crippen molar-refractivity contribution in [2.75, 3.05) is 6.54 Å². The van der Waals surface area contributed by atoms with Crippen LogP contribution in [0.25, 0.3) is 5.69 Å². The number of piperidine rings is 1. The molecule has 1 amide bonds. The zero-order valence-electron chi connectivity index (χ0n) is 15.7. The highest BCUT2D eigenvalue weighted by Gasteiger charge is 2.28. The van der Waals surface area contributed by atoms with Gasteiger partial charge in [0.1, 0.15) is 0 Å². The summed E-state index contributed by atoms with van der Waals surface area (Å²) in [4.78, 5) is 13.0. The van der Waals surface area contributed by atoms with Gasteiger partial charge in [-0.3, -0.25) is 4.79 Å². The number of amides is 1. The molecule has 26 heavy (non-hydrogen) atoms. The molecule has 1 saturated heterocycles. The number of hydrogen-bond donors (Lipinski definition) is 2. The minimum Gasteiger partial charge on any atom is -0.346 e. The van der Waals surface area contributed by atoms with E-state index >= 15 is 0 Å². The molecule has 5 nitrogen and oxygen atoms in total. The fourth-order valence-corrected chi connectivity index (χ4v) is 4.16. The molecule has 1 aliphatic heterocycles. The summed E-state index contributed by atoms with van der Waals surface area (Å²) in [7, 11) is 0. The van der Waals surface area contributed by atoms with Crippen LogP contribution in [0.15, 0.2) is 24.3 Å². The van der Waals surface area contributed by atoms with Gasteiger partial charge < -0.3 is 10.6 Å². The highest BCUT2D eigenvalue weighted by molar-refractivity contribution is 5.94. The van der Waals surface area contributed by atoms with Crippen molar-refractivity contribution in [3.05, 3.63) is 46.8 Å². The quantitative estimate of drug-likeness (QED) is 0.893. The Morgan fingerprint density at radius 2 is 1.96 bits per heavy atom. The van der Waals surface area contributed by atoms with Crippen molar-refractivity contribution in [3.8, 4) is 5.69 Å². The predicted molar refractivity (Wildman–Crippen MR) is 103 cm³/mol. The number of carbonyl (C=O) groups excluding carboxylic acids is 1. The second kappa shape index (κ2) is 7.23. The zero-order valence-corrected chi connectivity index (χ0v) is 15.7. The Bertz CT molecular complexity index is 793. The van der Waals surface area contributed by atoms with Crippen LogP contribution in [-0.4, -0.2) is 34.3 Å². The SMILES string of the molecule is Cc1ccc(-n2nc(C(=O)NC3CCCNC3C)c3c2CCCC3)cc1. The Morgan fingerprint density at radius 1 is 1.19 bits per heavy atom.